The second-order valence-electron chi connectivity index (χ2n) is 7.25. The van der Waals surface area contributed by atoms with Crippen LogP contribution in [0.1, 0.15) is 50.7 Å². The van der Waals surface area contributed by atoms with E-state index in [-0.39, 0.29) is 24.0 Å². The van der Waals surface area contributed by atoms with Gasteiger partial charge in [0, 0.05) is 25.1 Å². The van der Waals surface area contributed by atoms with E-state index in [0.29, 0.717) is 28.0 Å². The molecule has 0 saturated carbocycles. The molecule has 156 valence electrons. The fourth-order valence-electron chi connectivity index (χ4n) is 3.39. The average molecular weight is 418 g/mol. The van der Waals surface area contributed by atoms with E-state index in [2.05, 4.69) is 17.2 Å². The minimum absolute atomic E-state index is 0.00599. The number of nitrogens with one attached hydrogen (secondary N) is 1. The molecule has 0 radical (unpaired) electrons. The zero-order chi connectivity index (χ0) is 21.1. The van der Waals surface area contributed by atoms with Crippen molar-refractivity contribution in [1.82, 2.24) is 9.55 Å². The van der Waals surface area contributed by atoms with Crippen molar-refractivity contribution < 1.29 is 14.3 Å². The standard InChI is InChI=1S/C21H27N3O4S/c1-6-9-29-21-23-20(26)18-14(11-17(25)22-19(18)24(21)4)13-7-8-15(28-12(2)3)16(10-13)27-5/h7-8,10,12,14H,6,9,11H2,1-5H3,(H,22,25)/t14-/m0/s1. The summed E-state index contributed by atoms with van der Waals surface area (Å²) in [5, 5.41) is 3.47. The number of aromatic nitrogens is 2. The molecule has 29 heavy (non-hydrogen) atoms. The number of nitrogens with zero attached hydrogens (tertiary/aromatic N) is 2. The van der Waals surface area contributed by atoms with Crippen molar-refractivity contribution in [2.75, 3.05) is 18.2 Å². The molecular formula is C21H27N3O4S. The highest BCUT2D eigenvalue weighted by Gasteiger charge is 2.32. The van der Waals surface area contributed by atoms with Gasteiger partial charge in [0.25, 0.3) is 5.56 Å². The van der Waals surface area contributed by atoms with Gasteiger partial charge in [-0.2, -0.15) is 4.98 Å². The first-order valence-electron chi connectivity index (χ1n) is 9.73. The molecule has 1 aliphatic rings. The molecule has 0 unspecified atom stereocenters. The number of carbonyl (C=O) groups excluding carboxylic acids is 1. The molecule has 2 aromatic rings. The Morgan fingerprint density at radius 2 is 2.07 bits per heavy atom. The van der Waals surface area contributed by atoms with E-state index < -0.39 is 5.92 Å². The first kappa shape index (κ1) is 21.2. The lowest BCUT2D eigenvalue weighted by molar-refractivity contribution is -0.116. The number of hydrogen-bond acceptors (Lipinski definition) is 6. The Bertz CT molecular complexity index is 971. The zero-order valence-corrected chi connectivity index (χ0v) is 18.3. The lowest BCUT2D eigenvalue weighted by Crippen LogP contribution is -2.33. The third-order valence-electron chi connectivity index (χ3n) is 4.69. The fraction of sp³-hybridized carbons (Fsp3) is 0.476. The molecule has 1 aromatic heterocycles. The summed E-state index contributed by atoms with van der Waals surface area (Å²) in [4.78, 5) is 29.7. The summed E-state index contributed by atoms with van der Waals surface area (Å²) in [7, 11) is 3.40. The van der Waals surface area contributed by atoms with E-state index in [1.807, 2.05) is 39.1 Å². The Morgan fingerprint density at radius 3 is 2.72 bits per heavy atom. The lowest BCUT2D eigenvalue weighted by atomic mass is 9.86. The first-order valence-corrected chi connectivity index (χ1v) is 10.7. The molecule has 0 saturated heterocycles. The second-order valence-corrected chi connectivity index (χ2v) is 8.31. The van der Waals surface area contributed by atoms with Crippen LogP contribution in [0.4, 0.5) is 5.82 Å². The Kier molecular flexibility index (Phi) is 6.52. The fourth-order valence-corrected chi connectivity index (χ4v) is 4.21. The minimum atomic E-state index is -0.392. The maximum absolute atomic E-state index is 12.9. The molecule has 3 rings (SSSR count). The quantitative estimate of drug-likeness (QED) is 0.548. The van der Waals surface area contributed by atoms with Gasteiger partial charge in [-0.05, 0) is 38.0 Å². The van der Waals surface area contributed by atoms with Crippen LogP contribution in [0.2, 0.25) is 0 Å². The predicted molar refractivity (Wildman–Crippen MR) is 114 cm³/mol. The number of anilines is 1. The van der Waals surface area contributed by atoms with Crippen LogP contribution >= 0.6 is 11.8 Å². The highest BCUT2D eigenvalue weighted by molar-refractivity contribution is 7.99. The van der Waals surface area contributed by atoms with Gasteiger partial charge in [0.2, 0.25) is 5.91 Å². The molecular weight excluding hydrogens is 390 g/mol. The SMILES string of the molecule is CCCSc1nc(=O)c2c(n1C)NC(=O)C[C@H]2c1ccc(OC(C)C)c(OC)c1. The average Bonchev–Trinajstić information content (AvgIpc) is 2.68. The second kappa shape index (κ2) is 8.90. The summed E-state index contributed by atoms with van der Waals surface area (Å²) >= 11 is 1.51. The predicted octanol–water partition coefficient (Wildman–Crippen LogP) is 3.55. The summed E-state index contributed by atoms with van der Waals surface area (Å²) in [6.45, 7) is 5.96. The maximum Gasteiger partial charge on any atom is 0.279 e. The summed E-state index contributed by atoms with van der Waals surface area (Å²) in [6, 6.07) is 5.54. The number of methoxy groups -OCH3 is 1. The van der Waals surface area contributed by atoms with Gasteiger partial charge in [-0.3, -0.25) is 9.59 Å². The summed E-state index contributed by atoms with van der Waals surface area (Å²) < 4.78 is 13.1. The van der Waals surface area contributed by atoms with Crippen molar-refractivity contribution in [3.8, 4) is 11.5 Å². The maximum atomic E-state index is 12.9. The Hall–Kier alpha value is -2.48. The topological polar surface area (TPSA) is 82.5 Å². The van der Waals surface area contributed by atoms with Crippen LogP contribution in [0.15, 0.2) is 28.2 Å². The van der Waals surface area contributed by atoms with Gasteiger partial charge in [-0.15, -0.1) is 0 Å². The number of rotatable bonds is 7. The van der Waals surface area contributed by atoms with Crippen LogP contribution in [0, 0.1) is 0 Å². The van der Waals surface area contributed by atoms with Gasteiger partial charge in [0.05, 0.1) is 18.8 Å². The first-order chi connectivity index (χ1) is 13.8. The Labute approximate surface area is 174 Å². The molecule has 0 aliphatic carbocycles. The number of carbonyl (C=O) groups is 1. The van der Waals surface area contributed by atoms with E-state index in [1.165, 1.54) is 11.8 Å². The third kappa shape index (κ3) is 4.42. The number of amides is 1. The van der Waals surface area contributed by atoms with Crippen LogP contribution in [0.3, 0.4) is 0 Å². The van der Waals surface area contributed by atoms with E-state index in [0.717, 1.165) is 17.7 Å². The minimum Gasteiger partial charge on any atom is -0.493 e. The molecule has 7 nitrogen and oxygen atoms in total. The van der Waals surface area contributed by atoms with E-state index >= 15 is 0 Å². The summed E-state index contributed by atoms with van der Waals surface area (Å²) in [6.07, 6.45) is 1.15. The molecule has 1 N–H and O–H groups in total. The van der Waals surface area contributed by atoms with Crippen LogP contribution in [-0.4, -0.2) is 34.4 Å². The normalized spacial score (nSPS) is 15.8. The van der Waals surface area contributed by atoms with Gasteiger partial charge in [-0.25, -0.2) is 0 Å². The number of ether oxygens (including phenoxy) is 2. The summed E-state index contributed by atoms with van der Waals surface area (Å²) in [5.41, 5.74) is 1.03. The van der Waals surface area contributed by atoms with Crippen molar-refractivity contribution >= 4 is 23.5 Å². The summed E-state index contributed by atoms with van der Waals surface area (Å²) in [5.74, 6) is 2.05. The number of fused-ring (bicyclic) bond motifs is 1. The van der Waals surface area contributed by atoms with Crippen molar-refractivity contribution in [1.29, 1.82) is 0 Å². The zero-order valence-electron chi connectivity index (χ0n) is 17.4. The van der Waals surface area contributed by atoms with E-state index in [1.54, 1.807) is 11.7 Å². The highest BCUT2D eigenvalue weighted by atomic mass is 32.2. The Balaban J connectivity index is 2.08. The third-order valence-corrected chi connectivity index (χ3v) is 5.92. The molecule has 1 aliphatic heterocycles. The van der Waals surface area contributed by atoms with Crippen LogP contribution in [0.5, 0.6) is 11.5 Å². The molecule has 0 spiro atoms. The van der Waals surface area contributed by atoms with Crippen LogP contribution in [0.25, 0.3) is 0 Å². The van der Waals surface area contributed by atoms with Gasteiger partial charge < -0.3 is 19.4 Å². The number of thioether (sulfide) groups is 1. The monoisotopic (exact) mass is 417 g/mol. The molecule has 1 aromatic carbocycles. The Morgan fingerprint density at radius 1 is 1.31 bits per heavy atom. The van der Waals surface area contributed by atoms with E-state index in [4.69, 9.17) is 9.47 Å². The molecule has 1 atom stereocenters. The lowest BCUT2D eigenvalue weighted by Gasteiger charge is -2.28. The van der Waals surface area contributed by atoms with Crippen molar-refractivity contribution in [3.05, 3.63) is 39.7 Å². The van der Waals surface area contributed by atoms with Crippen molar-refractivity contribution in [3.63, 3.8) is 0 Å². The van der Waals surface area contributed by atoms with Gasteiger partial charge in [0.1, 0.15) is 5.82 Å². The molecule has 0 fully saturated rings. The molecule has 2 heterocycles. The van der Waals surface area contributed by atoms with Gasteiger partial charge in [-0.1, -0.05) is 24.8 Å². The van der Waals surface area contributed by atoms with Gasteiger partial charge in [0.15, 0.2) is 16.7 Å². The van der Waals surface area contributed by atoms with E-state index in [9.17, 15) is 9.59 Å². The number of benzene rings is 1. The van der Waals surface area contributed by atoms with Crippen molar-refractivity contribution in [2.45, 2.75) is 50.8 Å². The molecule has 0 bridgehead atoms. The van der Waals surface area contributed by atoms with Gasteiger partial charge >= 0.3 is 0 Å². The highest BCUT2D eigenvalue weighted by Crippen LogP contribution is 2.39. The number of hydrogen-bond donors (Lipinski definition) is 1. The molecule has 1 amide bonds. The van der Waals surface area contributed by atoms with Crippen LogP contribution in [-0.2, 0) is 11.8 Å². The van der Waals surface area contributed by atoms with Crippen LogP contribution < -0.4 is 20.3 Å². The largest absolute Gasteiger partial charge is 0.493 e. The van der Waals surface area contributed by atoms with Crippen molar-refractivity contribution in [2.24, 2.45) is 7.05 Å². The smallest absolute Gasteiger partial charge is 0.279 e. The molecule has 8 heteroatoms.